The molecule has 0 aromatic carbocycles. The van der Waals surface area contributed by atoms with Crippen molar-refractivity contribution in [2.45, 2.75) is 39.2 Å². The van der Waals surface area contributed by atoms with Crippen LogP contribution in [0, 0.1) is 5.41 Å². The van der Waals surface area contributed by atoms with Crippen molar-refractivity contribution in [3.05, 3.63) is 0 Å². The standard InChI is InChI=1S/C12H20O6S/c1-9(2)18-11(14)7-19(15,16)8-12(4-5-12)6-10(13)17-3/h9H,4-8H2,1-3H3. The highest BCUT2D eigenvalue weighted by molar-refractivity contribution is 7.92. The van der Waals surface area contributed by atoms with E-state index in [4.69, 9.17) is 4.74 Å². The zero-order valence-corrected chi connectivity index (χ0v) is 12.3. The van der Waals surface area contributed by atoms with Crippen LogP contribution < -0.4 is 0 Å². The van der Waals surface area contributed by atoms with E-state index in [2.05, 4.69) is 4.74 Å². The summed E-state index contributed by atoms with van der Waals surface area (Å²) in [5, 5.41) is 0. The van der Waals surface area contributed by atoms with E-state index in [0.717, 1.165) is 0 Å². The molecule has 1 aliphatic rings. The minimum atomic E-state index is -3.56. The van der Waals surface area contributed by atoms with Gasteiger partial charge in [-0.3, -0.25) is 9.59 Å². The van der Waals surface area contributed by atoms with Crippen molar-refractivity contribution in [1.29, 1.82) is 0 Å². The van der Waals surface area contributed by atoms with Gasteiger partial charge in [-0.25, -0.2) is 8.42 Å². The second-order valence-corrected chi connectivity index (χ2v) is 7.39. The molecule has 0 spiro atoms. The molecular weight excluding hydrogens is 272 g/mol. The average Bonchev–Trinajstić information content (AvgIpc) is 2.93. The molecule has 1 rings (SSSR count). The fraction of sp³-hybridized carbons (Fsp3) is 0.833. The first kappa shape index (κ1) is 15.9. The van der Waals surface area contributed by atoms with Gasteiger partial charge in [0.25, 0.3) is 0 Å². The van der Waals surface area contributed by atoms with E-state index in [1.54, 1.807) is 13.8 Å². The topological polar surface area (TPSA) is 86.7 Å². The SMILES string of the molecule is COC(=O)CC1(CS(=O)(=O)CC(=O)OC(C)C)CC1. The maximum Gasteiger partial charge on any atom is 0.321 e. The molecule has 6 nitrogen and oxygen atoms in total. The van der Waals surface area contributed by atoms with E-state index in [-0.39, 0.29) is 18.3 Å². The van der Waals surface area contributed by atoms with Crippen LogP contribution in [0.4, 0.5) is 0 Å². The molecule has 0 aromatic rings. The Morgan fingerprint density at radius 3 is 2.21 bits per heavy atom. The molecule has 7 heteroatoms. The van der Waals surface area contributed by atoms with Gasteiger partial charge in [0, 0.05) is 0 Å². The quantitative estimate of drug-likeness (QED) is 0.642. The molecule has 1 fully saturated rings. The summed E-state index contributed by atoms with van der Waals surface area (Å²) in [6, 6.07) is 0. The van der Waals surface area contributed by atoms with Crippen molar-refractivity contribution in [2.75, 3.05) is 18.6 Å². The number of carbonyl (C=O) groups excluding carboxylic acids is 2. The lowest BCUT2D eigenvalue weighted by atomic mass is 10.1. The number of sulfone groups is 1. The molecule has 0 bridgehead atoms. The van der Waals surface area contributed by atoms with Crippen molar-refractivity contribution in [3.63, 3.8) is 0 Å². The summed E-state index contributed by atoms with van der Waals surface area (Å²) in [7, 11) is -2.29. The van der Waals surface area contributed by atoms with Gasteiger partial charge in [-0.15, -0.1) is 0 Å². The summed E-state index contributed by atoms with van der Waals surface area (Å²) < 4.78 is 33.2. The van der Waals surface area contributed by atoms with Crippen LogP contribution in [0.1, 0.15) is 33.1 Å². The number of hydrogen-bond acceptors (Lipinski definition) is 6. The molecule has 0 aromatic heterocycles. The second-order valence-electron chi connectivity index (χ2n) is 5.32. The predicted molar refractivity (Wildman–Crippen MR) is 68.2 cm³/mol. The molecule has 1 aliphatic carbocycles. The van der Waals surface area contributed by atoms with Gasteiger partial charge in [0.1, 0.15) is 5.75 Å². The van der Waals surface area contributed by atoms with Crippen LogP contribution in [0.3, 0.4) is 0 Å². The van der Waals surface area contributed by atoms with Crippen LogP contribution in [0.25, 0.3) is 0 Å². The van der Waals surface area contributed by atoms with Gasteiger partial charge in [-0.1, -0.05) is 0 Å². The monoisotopic (exact) mass is 292 g/mol. The Bertz CT molecular complexity index is 447. The van der Waals surface area contributed by atoms with E-state index in [0.29, 0.717) is 12.8 Å². The smallest absolute Gasteiger partial charge is 0.321 e. The van der Waals surface area contributed by atoms with Crippen molar-refractivity contribution >= 4 is 21.8 Å². The number of hydrogen-bond donors (Lipinski definition) is 0. The van der Waals surface area contributed by atoms with Crippen LogP contribution in [0.5, 0.6) is 0 Å². The van der Waals surface area contributed by atoms with Crippen LogP contribution >= 0.6 is 0 Å². The number of methoxy groups -OCH3 is 1. The third kappa shape index (κ3) is 5.59. The number of rotatable bonds is 7. The highest BCUT2D eigenvalue weighted by Crippen LogP contribution is 2.50. The van der Waals surface area contributed by atoms with Crippen molar-refractivity contribution in [3.8, 4) is 0 Å². The lowest BCUT2D eigenvalue weighted by Crippen LogP contribution is -2.28. The Labute approximate surface area is 113 Å². The molecule has 0 unspecified atom stereocenters. The summed E-state index contributed by atoms with van der Waals surface area (Å²) in [5.41, 5.74) is -0.538. The molecule has 19 heavy (non-hydrogen) atoms. The molecule has 0 amide bonds. The molecule has 0 aliphatic heterocycles. The van der Waals surface area contributed by atoms with Gasteiger partial charge in [0.15, 0.2) is 9.84 Å². The lowest BCUT2D eigenvalue weighted by molar-refractivity contribution is -0.144. The van der Waals surface area contributed by atoms with Crippen molar-refractivity contribution < 1.29 is 27.5 Å². The van der Waals surface area contributed by atoms with Crippen LogP contribution in [0.2, 0.25) is 0 Å². The first-order chi connectivity index (χ1) is 8.68. The Morgan fingerprint density at radius 1 is 1.21 bits per heavy atom. The van der Waals surface area contributed by atoms with Crippen molar-refractivity contribution in [1.82, 2.24) is 0 Å². The zero-order valence-electron chi connectivity index (χ0n) is 11.5. The normalized spacial score (nSPS) is 17.1. The van der Waals surface area contributed by atoms with Gasteiger partial charge in [0.05, 0.1) is 25.4 Å². The van der Waals surface area contributed by atoms with Crippen LogP contribution in [0.15, 0.2) is 0 Å². The minimum absolute atomic E-state index is 0.0853. The van der Waals surface area contributed by atoms with E-state index < -0.39 is 32.9 Å². The fourth-order valence-electron chi connectivity index (χ4n) is 1.92. The van der Waals surface area contributed by atoms with Crippen LogP contribution in [-0.4, -0.2) is 45.1 Å². The highest BCUT2D eigenvalue weighted by Gasteiger charge is 2.48. The molecule has 1 saturated carbocycles. The molecule has 0 radical (unpaired) electrons. The molecule has 0 N–H and O–H groups in total. The molecule has 0 saturated heterocycles. The zero-order chi connectivity index (χ0) is 14.7. The first-order valence-electron chi connectivity index (χ1n) is 6.15. The Balaban J connectivity index is 2.55. The maximum atomic E-state index is 11.9. The summed E-state index contributed by atoms with van der Waals surface area (Å²) in [6.07, 6.45) is 1.08. The third-order valence-electron chi connectivity index (χ3n) is 2.94. The second kappa shape index (κ2) is 5.90. The Kier molecular flexibility index (Phi) is 4.95. The maximum absolute atomic E-state index is 11.9. The third-order valence-corrected chi connectivity index (χ3v) is 4.66. The molecule has 0 atom stereocenters. The molecule has 110 valence electrons. The van der Waals surface area contributed by atoms with Gasteiger partial charge >= 0.3 is 11.9 Å². The average molecular weight is 292 g/mol. The molecular formula is C12H20O6S. The Hall–Kier alpha value is -1.11. The highest BCUT2D eigenvalue weighted by atomic mass is 32.2. The van der Waals surface area contributed by atoms with E-state index in [9.17, 15) is 18.0 Å². The largest absolute Gasteiger partial charge is 0.469 e. The fourth-order valence-corrected chi connectivity index (χ4v) is 3.77. The Morgan fingerprint density at radius 2 is 1.79 bits per heavy atom. The van der Waals surface area contributed by atoms with Gasteiger partial charge < -0.3 is 9.47 Å². The number of carbonyl (C=O) groups is 2. The van der Waals surface area contributed by atoms with E-state index >= 15 is 0 Å². The van der Waals surface area contributed by atoms with Gasteiger partial charge in [-0.05, 0) is 32.1 Å². The summed E-state index contributed by atoms with van der Waals surface area (Å²) in [5.74, 6) is -1.96. The predicted octanol–water partition coefficient (Wildman–Crippen LogP) is 0.696. The lowest BCUT2D eigenvalue weighted by Gasteiger charge is -2.14. The summed E-state index contributed by atoms with van der Waals surface area (Å²) in [6.45, 7) is 3.31. The van der Waals surface area contributed by atoms with E-state index in [1.165, 1.54) is 7.11 Å². The molecule has 0 heterocycles. The van der Waals surface area contributed by atoms with Crippen LogP contribution in [-0.2, 0) is 28.9 Å². The first-order valence-corrected chi connectivity index (χ1v) is 7.97. The number of ether oxygens (including phenoxy) is 2. The summed E-state index contributed by atoms with van der Waals surface area (Å²) >= 11 is 0. The van der Waals surface area contributed by atoms with Gasteiger partial charge in [0.2, 0.25) is 0 Å². The van der Waals surface area contributed by atoms with E-state index in [1.807, 2.05) is 0 Å². The van der Waals surface area contributed by atoms with Gasteiger partial charge in [-0.2, -0.15) is 0 Å². The summed E-state index contributed by atoms with van der Waals surface area (Å²) in [4.78, 5) is 22.6. The minimum Gasteiger partial charge on any atom is -0.469 e. The van der Waals surface area contributed by atoms with Crippen molar-refractivity contribution in [2.24, 2.45) is 5.41 Å². The number of esters is 2.